The lowest BCUT2D eigenvalue weighted by Crippen LogP contribution is -1.99. The van der Waals surface area contributed by atoms with Gasteiger partial charge in [0.15, 0.2) is 0 Å². The van der Waals surface area contributed by atoms with E-state index in [1.54, 1.807) is 0 Å². The SMILES string of the molecule is c1ccc(COc2ccc(CNc3ccc4oc5ccccc5c4c3)cc2)cc1. The molecule has 5 rings (SSSR count). The van der Waals surface area contributed by atoms with Gasteiger partial charge in [-0.25, -0.2) is 0 Å². The number of anilines is 1. The summed E-state index contributed by atoms with van der Waals surface area (Å²) in [5, 5.41) is 5.78. The highest BCUT2D eigenvalue weighted by Gasteiger charge is 2.07. The highest BCUT2D eigenvalue weighted by Crippen LogP contribution is 2.30. The Bertz CT molecular complexity index is 1240. The Morgan fingerprint density at radius 2 is 1.41 bits per heavy atom. The van der Waals surface area contributed by atoms with Crippen molar-refractivity contribution in [1.82, 2.24) is 0 Å². The van der Waals surface area contributed by atoms with Gasteiger partial charge in [-0.2, -0.15) is 0 Å². The summed E-state index contributed by atoms with van der Waals surface area (Å²) < 4.78 is 11.8. The van der Waals surface area contributed by atoms with Crippen LogP contribution in [0.3, 0.4) is 0 Å². The van der Waals surface area contributed by atoms with Gasteiger partial charge in [-0.3, -0.25) is 0 Å². The molecule has 0 saturated carbocycles. The van der Waals surface area contributed by atoms with Gasteiger partial charge in [-0.05, 0) is 47.5 Å². The molecule has 4 aromatic carbocycles. The minimum Gasteiger partial charge on any atom is -0.489 e. The Hall–Kier alpha value is -3.72. The number of para-hydroxylation sites is 1. The molecular weight excluding hydrogens is 358 g/mol. The lowest BCUT2D eigenvalue weighted by Gasteiger charge is -2.09. The van der Waals surface area contributed by atoms with Gasteiger partial charge in [0.1, 0.15) is 23.5 Å². The van der Waals surface area contributed by atoms with Crippen molar-refractivity contribution in [3.63, 3.8) is 0 Å². The summed E-state index contributed by atoms with van der Waals surface area (Å²) in [7, 11) is 0. The quantitative estimate of drug-likeness (QED) is 0.353. The number of nitrogens with one attached hydrogen (secondary N) is 1. The van der Waals surface area contributed by atoms with E-state index in [2.05, 4.69) is 47.8 Å². The van der Waals surface area contributed by atoms with Crippen molar-refractivity contribution in [2.75, 3.05) is 5.32 Å². The summed E-state index contributed by atoms with van der Waals surface area (Å²) in [4.78, 5) is 0. The van der Waals surface area contributed by atoms with Gasteiger partial charge in [-0.1, -0.05) is 60.7 Å². The highest BCUT2D eigenvalue weighted by molar-refractivity contribution is 6.05. The van der Waals surface area contributed by atoms with Crippen LogP contribution in [0.25, 0.3) is 21.9 Å². The van der Waals surface area contributed by atoms with Gasteiger partial charge in [-0.15, -0.1) is 0 Å². The van der Waals surface area contributed by atoms with Crippen LogP contribution in [0.5, 0.6) is 5.75 Å². The molecule has 0 bridgehead atoms. The number of hydrogen-bond donors (Lipinski definition) is 1. The molecule has 142 valence electrons. The van der Waals surface area contributed by atoms with E-state index in [0.717, 1.165) is 39.9 Å². The molecule has 5 aromatic rings. The average Bonchev–Trinajstić information content (AvgIpc) is 3.16. The fraction of sp³-hybridized carbons (Fsp3) is 0.0769. The Morgan fingerprint density at radius 3 is 2.28 bits per heavy atom. The molecule has 29 heavy (non-hydrogen) atoms. The molecule has 0 spiro atoms. The normalized spacial score (nSPS) is 11.0. The second-order valence-corrected chi connectivity index (χ2v) is 7.08. The van der Waals surface area contributed by atoms with Gasteiger partial charge in [0, 0.05) is 23.0 Å². The lowest BCUT2D eigenvalue weighted by atomic mass is 10.1. The molecule has 0 saturated heterocycles. The third kappa shape index (κ3) is 3.81. The predicted molar refractivity (Wildman–Crippen MR) is 118 cm³/mol. The van der Waals surface area contributed by atoms with Crippen LogP contribution >= 0.6 is 0 Å². The minimum atomic E-state index is 0.580. The van der Waals surface area contributed by atoms with E-state index in [1.807, 2.05) is 54.6 Å². The van der Waals surface area contributed by atoms with Gasteiger partial charge in [0.25, 0.3) is 0 Å². The third-order valence-corrected chi connectivity index (χ3v) is 5.05. The molecule has 1 heterocycles. The first kappa shape index (κ1) is 17.4. The van der Waals surface area contributed by atoms with Crippen LogP contribution in [0.4, 0.5) is 5.69 Å². The zero-order valence-electron chi connectivity index (χ0n) is 16.0. The summed E-state index contributed by atoms with van der Waals surface area (Å²) in [5.74, 6) is 0.879. The number of fused-ring (bicyclic) bond motifs is 3. The van der Waals surface area contributed by atoms with Crippen molar-refractivity contribution in [2.24, 2.45) is 0 Å². The van der Waals surface area contributed by atoms with E-state index >= 15 is 0 Å². The summed E-state index contributed by atoms with van der Waals surface area (Å²) in [6.07, 6.45) is 0. The number of rotatable bonds is 6. The van der Waals surface area contributed by atoms with Crippen LogP contribution in [0.2, 0.25) is 0 Å². The lowest BCUT2D eigenvalue weighted by molar-refractivity contribution is 0.306. The van der Waals surface area contributed by atoms with Gasteiger partial charge < -0.3 is 14.5 Å². The van der Waals surface area contributed by atoms with Crippen LogP contribution in [0, 0.1) is 0 Å². The molecule has 1 N–H and O–H groups in total. The number of hydrogen-bond acceptors (Lipinski definition) is 3. The van der Waals surface area contributed by atoms with Crippen molar-refractivity contribution in [2.45, 2.75) is 13.2 Å². The first-order chi connectivity index (χ1) is 14.3. The molecule has 0 amide bonds. The monoisotopic (exact) mass is 379 g/mol. The van der Waals surface area contributed by atoms with Crippen molar-refractivity contribution in [1.29, 1.82) is 0 Å². The van der Waals surface area contributed by atoms with Crippen LogP contribution in [0.1, 0.15) is 11.1 Å². The summed E-state index contributed by atoms with van der Waals surface area (Å²) >= 11 is 0. The average molecular weight is 379 g/mol. The number of benzene rings is 4. The third-order valence-electron chi connectivity index (χ3n) is 5.05. The van der Waals surface area contributed by atoms with Gasteiger partial charge in [0.2, 0.25) is 0 Å². The number of furan rings is 1. The molecule has 0 atom stereocenters. The van der Waals surface area contributed by atoms with E-state index in [9.17, 15) is 0 Å². The predicted octanol–water partition coefficient (Wildman–Crippen LogP) is 6.78. The zero-order chi connectivity index (χ0) is 19.5. The van der Waals surface area contributed by atoms with E-state index in [4.69, 9.17) is 9.15 Å². The molecule has 1 aromatic heterocycles. The second kappa shape index (κ2) is 7.72. The van der Waals surface area contributed by atoms with Crippen LogP contribution < -0.4 is 10.1 Å². The fourth-order valence-corrected chi connectivity index (χ4v) is 3.48. The second-order valence-electron chi connectivity index (χ2n) is 7.08. The first-order valence-corrected chi connectivity index (χ1v) is 9.76. The maximum Gasteiger partial charge on any atom is 0.135 e. The molecule has 0 aliphatic heterocycles. The first-order valence-electron chi connectivity index (χ1n) is 9.76. The summed E-state index contributed by atoms with van der Waals surface area (Å²) in [6, 6.07) is 32.8. The van der Waals surface area contributed by atoms with E-state index < -0.39 is 0 Å². The van der Waals surface area contributed by atoms with Crippen molar-refractivity contribution < 1.29 is 9.15 Å². The molecule has 0 unspecified atom stereocenters. The summed E-state index contributed by atoms with van der Waals surface area (Å²) in [5.41, 5.74) is 5.28. The van der Waals surface area contributed by atoms with Crippen LogP contribution in [-0.4, -0.2) is 0 Å². The highest BCUT2D eigenvalue weighted by atomic mass is 16.5. The Balaban J connectivity index is 1.24. The molecule has 3 nitrogen and oxygen atoms in total. The molecule has 0 radical (unpaired) electrons. The topological polar surface area (TPSA) is 34.4 Å². The van der Waals surface area contributed by atoms with Crippen LogP contribution in [-0.2, 0) is 13.2 Å². The van der Waals surface area contributed by atoms with Gasteiger partial charge >= 0.3 is 0 Å². The van der Waals surface area contributed by atoms with Crippen LogP contribution in [0.15, 0.2) is 101 Å². The molecule has 0 aliphatic carbocycles. The maximum absolute atomic E-state index is 5.90. The Kier molecular flexibility index (Phi) is 4.63. The largest absolute Gasteiger partial charge is 0.489 e. The molecule has 3 heteroatoms. The van der Waals surface area contributed by atoms with Crippen molar-refractivity contribution in [3.05, 3.63) is 108 Å². The minimum absolute atomic E-state index is 0.580. The maximum atomic E-state index is 5.90. The fourth-order valence-electron chi connectivity index (χ4n) is 3.48. The zero-order valence-corrected chi connectivity index (χ0v) is 16.0. The number of ether oxygens (including phenoxy) is 1. The molecule has 0 aliphatic rings. The molecule has 0 fully saturated rings. The van der Waals surface area contributed by atoms with E-state index in [0.29, 0.717) is 6.61 Å². The standard InChI is InChI=1S/C26H21NO2/c1-2-6-20(7-3-1)18-28-22-13-10-19(11-14-22)17-27-21-12-15-26-24(16-21)23-8-4-5-9-25(23)29-26/h1-16,27H,17-18H2. The van der Waals surface area contributed by atoms with E-state index in [-0.39, 0.29) is 0 Å². The Labute approximate surface area is 169 Å². The summed E-state index contributed by atoms with van der Waals surface area (Å²) in [6.45, 7) is 1.33. The smallest absolute Gasteiger partial charge is 0.135 e. The van der Waals surface area contributed by atoms with Gasteiger partial charge in [0.05, 0.1) is 0 Å². The van der Waals surface area contributed by atoms with E-state index in [1.165, 1.54) is 11.1 Å². The molecular formula is C26H21NO2. The van der Waals surface area contributed by atoms with Crippen molar-refractivity contribution >= 4 is 27.6 Å². The Morgan fingerprint density at radius 1 is 0.655 bits per heavy atom. The van der Waals surface area contributed by atoms with Crippen molar-refractivity contribution in [3.8, 4) is 5.75 Å².